The Hall–Kier alpha value is -2.74. The van der Waals surface area contributed by atoms with Crippen molar-refractivity contribution in [1.82, 2.24) is 10.8 Å². The second kappa shape index (κ2) is 6.45. The number of nitrogens with one attached hydrogen (secondary N) is 2. The highest BCUT2D eigenvalue weighted by Gasteiger charge is 2.46. The van der Waals surface area contributed by atoms with Crippen LogP contribution in [0, 0.1) is 0 Å². The molecule has 5 nitrogen and oxygen atoms in total. The number of anilines is 1. The molecule has 142 valence electrons. The third-order valence-corrected chi connectivity index (χ3v) is 5.13. The number of amides is 2. The van der Waals surface area contributed by atoms with Crippen LogP contribution in [0.5, 0.6) is 5.75 Å². The molecule has 2 heterocycles. The number of halogens is 3. The van der Waals surface area contributed by atoms with Gasteiger partial charge >= 0.3 is 12.2 Å². The molecule has 27 heavy (non-hydrogen) atoms. The van der Waals surface area contributed by atoms with Crippen LogP contribution in [0.4, 0.5) is 23.7 Å². The number of benzene rings is 2. The molecule has 2 N–H and O–H groups in total. The average Bonchev–Trinajstić information content (AvgIpc) is 3.26. The van der Waals surface area contributed by atoms with Crippen LogP contribution in [0.1, 0.15) is 17.5 Å². The molecule has 0 aliphatic carbocycles. The van der Waals surface area contributed by atoms with Crippen molar-refractivity contribution in [3.05, 3.63) is 59.7 Å². The fraction of sp³-hybridized carbons (Fsp3) is 0.316. The number of carbonyl (C=O) groups is 1. The zero-order valence-corrected chi connectivity index (χ0v) is 14.3. The van der Waals surface area contributed by atoms with E-state index in [1.807, 2.05) is 24.3 Å². The summed E-state index contributed by atoms with van der Waals surface area (Å²) in [4.78, 5) is 19.4. The molecule has 2 aliphatic rings. The first-order valence-electron chi connectivity index (χ1n) is 8.61. The van der Waals surface area contributed by atoms with Gasteiger partial charge in [0.05, 0.1) is 5.56 Å². The number of alkyl halides is 3. The molecule has 0 bridgehead atoms. The summed E-state index contributed by atoms with van der Waals surface area (Å²) < 4.78 is 38.4. The molecule has 2 amide bonds. The van der Waals surface area contributed by atoms with Crippen molar-refractivity contribution >= 4 is 11.7 Å². The van der Waals surface area contributed by atoms with E-state index in [0.29, 0.717) is 6.54 Å². The van der Waals surface area contributed by atoms with Gasteiger partial charge in [-0.1, -0.05) is 24.3 Å². The number of hydrogen-bond acceptors (Lipinski definition) is 3. The van der Waals surface area contributed by atoms with E-state index in [0.717, 1.165) is 42.9 Å². The van der Waals surface area contributed by atoms with Gasteiger partial charge in [-0.05, 0) is 42.8 Å². The van der Waals surface area contributed by atoms with Crippen LogP contribution in [0.25, 0.3) is 0 Å². The van der Waals surface area contributed by atoms with Gasteiger partial charge in [0.15, 0.2) is 5.75 Å². The predicted octanol–water partition coefficient (Wildman–Crippen LogP) is 3.46. The fourth-order valence-corrected chi connectivity index (χ4v) is 3.81. The summed E-state index contributed by atoms with van der Waals surface area (Å²) in [5.74, 6) is -0.0806. The molecule has 1 saturated heterocycles. The minimum atomic E-state index is -4.47. The molecule has 2 aromatic carbocycles. The van der Waals surface area contributed by atoms with Crippen LogP contribution in [-0.2, 0) is 11.6 Å². The van der Waals surface area contributed by atoms with Gasteiger partial charge in [0.25, 0.3) is 0 Å². The highest BCUT2D eigenvalue weighted by molar-refractivity contribution is 5.94. The van der Waals surface area contributed by atoms with Crippen molar-refractivity contribution < 1.29 is 22.8 Å². The number of urea groups is 1. The van der Waals surface area contributed by atoms with Gasteiger partial charge in [-0.25, -0.2) is 4.79 Å². The summed E-state index contributed by atoms with van der Waals surface area (Å²) in [5, 5.41) is 3.34. The normalized spacial score (nSPS) is 21.4. The van der Waals surface area contributed by atoms with E-state index in [1.54, 1.807) is 4.90 Å². The standard InChI is InChI=1S/C19H18F3N3O2/c20-19(21,22)13-4-3-5-14(10-13)27-24-17(26)25-12-18(8-9-23-11-18)15-6-1-2-7-16(15)25/h1-7,10,23H,8-9,11-12H2,(H,24,26). The Bertz CT molecular complexity index is 863. The quantitative estimate of drug-likeness (QED) is 0.789. The molecule has 1 fully saturated rings. The lowest BCUT2D eigenvalue weighted by Crippen LogP contribution is -2.44. The molecule has 1 spiro atoms. The molecular formula is C19H18F3N3O2. The van der Waals surface area contributed by atoms with Crippen LogP contribution in [0.15, 0.2) is 48.5 Å². The first-order valence-corrected chi connectivity index (χ1v) is 8.61. The van der Waals surface area contributed by atoms with Crippen molar-refractivity contribution in [2.45, 2.75) is 18.0 Å². The third kappa shape index (κ3) is 3.21. The van der Waals surface area contributed by atoms with Crippen molar-refractivity contribution in [3.8, 4) is 5.75 Å². The first kappa shape index (κ1) is 17.7. The molecule has 1 atom stereocenters. The second-order valence-corrected chi connectivity index (χ2v) is 6.85. The maximum atomic E-state index is 12.8. The summed E-state index contributed by atoms with van der Waals surface area (Å²) in [5.41, 5.74) is 3.19. The van der Waals surface area contributed by atoms with Crippen molar-refractivity contribution in [1.29, 1.82) is 0 Å². The van der Waals surface area contributed by atoms with Crippen LogP contribution < -0.4 is 20.5 Å². The number of hydrogen-bond donors (Lipinski definition) is 2. The fourth-order valence-electron chi connectivity index (χ4n) is 3.81. The lowest BCUT2D eigenvalue weighted by atomic mass is 9.82. The third-order valence-electron chi connectivity index (χ3n) is 5.13. The molecule has 2 aliphatic heterocycles. The summed E-state index contributed by atoms with van der Waals surface area (Å²) >= 11 is 0. The number of para-hydroxylation sites is 1. The van der Waals surface area contributed by atoms with E-state index in [2.05, 4.69) is 10.8 Å². The van der Waals surface area contributed by atoms with E-state index >= 15 is 0 Å². The van der Waals surface area contributed by atoms with E-state index < -0.39 is 17.8 Å². The molecule has 1 unspecified atom stereocenters. The number of carbonyl (C=O) groups excluding carboxylic acids is 1. The second-order valence-electron chi connectivity index (χ2n) is 6.85. The molecule has 0 saturated carbocycles. The van der Waals surface area contributed by atoms with E-state index in [-0.39, 0.29) is 11.2 Å². The van der Waals surface area contributed by atoms with Crippen LogP contribution in [-0.4, -0.2) is 25.7 Å². The van der Waals surface area contributed by atoms with Gasteiger partial charge < -0.3 is 10.2 Å². The Morgan fingerprint density at radius 1 is 1.19 bits per heavy atom. The summed E-state index contributed by atoms with van der Waals surface area (Å²) in [6.07, 6.45) is -3.55. The lowest BCUT2D eigenvalue weighted by Gasteiger charge is -2.24. The largest absolute Gasteiger partial charge is 0.416 e. The highest BCUT2D eigenvalue weighted by atomic mass is 19.4. The average molecular weight is 377 g/mol. The van der Waals surface area contributed by atoms with Gasteiger partial charge in [0, 0.05) is 24.2 Å². The Labute approximate surface area is 154 Å². The van der Waals surface area contributed by atoms with Crippen LogP contribution in [0.3, 0.4) is 0 Å². The summed E-state index contributed by atoms with van der Waals surface area (Å²) in [6, 6.07) is 11.6. The SMILES string of the molecule is O=C(NOc1cccc(C(F)(F)F)c1)N1CC2(CCNC2)c2ccccc21. The molecule has 0 aromatic heterocycles. The van der Waals surface area contributed by atoms with E-state index in [1.165, 1.54) is 12.1 Å². The molecule has 8 heteroatoms. The summed E-state index contributed by atoms with van der Waals surface area (Å²) in [6.45, 7) is 2.16. The number of fused-ring (bicyclic) bond motifs is 2. The first-order chi connectivity index (χ1) is 12.9. The van der Waals surface area contributed by atoms with Gasteiger partial charge in [0.1, 0.15) is 0 Å². The van der Waals surface area contributed by atoms with Gasteiger partial charge in [-0.15, -0.1) is 0 Å². The number of rotatable bonds is 2. The predicted molar refractivity (Wildman–Crippen MR) is 93.6 cm³/mol. The van der Waals surface area contributed by atoms with Gasteiger partial charge in [-0.2, -0.15) is 18.7 Å². The highest BCUT2D eigenvalue weighted by Crippen LogP contribution is 2.44. The maximum absolute atomic E-state index is 12.8. The van der Waals surface area contributed by atoms with Crippen molar-refractivity contribution in [3.63, 3.8) is 0 Å². The van der Waals surface area contributed by atoms with Gasteiger partial charge in [-0.3, -0.25) is 4.90 Å². The number of nitrogens with zero attached hydrogens (tertiary/aromatic N) is 1. The Morgan fingerprint density at radius 2 is 2.00 bits per heavy atom. The van der Waals surface area contributed by atoms with Gasteiger partial charge in [0.2, 0.25) is 0 Å². The monoisotopic (exact) mass is 377 g/mol. The Morgan fingerprint density at radius 3 is 2.74 bits per heavy atom. The molecule has 0 radical (unpaired) electrons. The van der Waals surface area contributed by atoms with Crippen molar-refractivity contribution in [2.75, 3.05) is 24.5 Å². The minimum absolute atomic E-state index is 0.0806. The smallest absolute Gasteiger partial charge is 0.378 e. The van der Waals surface area contributed by atoms with Crippen molar-refractivity contribution in [2.24, 2.45) is 0 Å². The van der Waals surface area contributed by atoms with E-state index in [4.69, 9.17) is 4.84 Å². The maximum Gasteiger partial charge on any atom is 0.416 e. The zero-order chi connectivity index (χ0) is 19.1. The zero-order valence-electron chi connectivity index (χ0n) is 14.3. The topological polar surface area (TPSA) is 53.6 Å². The molecular weight excluding hydrogens is 359 g/mol. The molecule has 2 aromatic rings. The van der Waals surface area contributed by atoms with E-state index in [9.17, 15) is 18.0 Å². The molecule has 4 rings (SSSR count). The Kier molecular flexibility index (Phi) is 4.22. The number of hydroxylamine groups is 1. The van der Waals surface area contributed by atoms with Crippen LogP contribution >= 0.6 is 0 Å². The minimum Gasteiger partial charge on any atom is -0.378 e. The van der Waals surface area contributed by atoms with Crippen LogP contribution in [0.2, 0.25) is 0 Å². The summed E-state index contributed by atoms with van der Waals surface area (Å²) in [7, 11) is 0. The lowest BCUT2D eigenvalue weighted by molar-refractivity contribution is -0.137. The Balaban J connectivity index is 1.50.